The highest BCUT2D eigenvalue weighted by atomic mass is 16.5. The summed E-state index contributed by atoms with van der Waals surface area (Å²) >= 11 is 0. The van der Waals surface area contributed by atoms with Crippen LogP contribution in [-0.4, -0.2) is 17.6 Å². The maximum absolute atomic E-state index is 11.6. The molecule has 2 aromatic carbocycles. The molecule has 0 spiro atoms. The Labute approximate surface area is 122 Å². The van der Waals surface area contributed by atoms with Crippen molar-refractivity contribution in [1.29, 1.82) is 0 Å². The summed E-state index contributed by atoms with van der Waals surface area (Å²) in [5.41, 5.74) is 10.4. The van der Waals surface area contributed by atoms with E-state index in [4.69, 9.17) is 10.5 Å². The number of aryl methyl sites for hydroxylation is 1. The number of hydrogen-bond donors (Lipinski definition) is 1. The van der Waals surface area contributed by atoms with Crippen molar-refractivity contribution in [2.75, 3.05) is 12.8 Å². The quantitative estimate of drug-likeness (QED) is 0.733. The Morgan fingerprint density at radius 3 is 2.67 bits per heavy atom. The lowest BCUT2D eigenvalue weighted by Gasteiger charge is -2.10. The maximum atomic E-state index is 11.6. The number of para-hydroxylation sites is 1. The van der Waals surface area contributed by atoms with Crippen LogP contribution in [0.4, 0.5) is 5.69 Å². The van der Waals surface area contributed by atoms with Crippen molar-refractivity contribution >= 4 is 22.6 Å². The first kappa shape index (κ1) is 13.2. The first-order chi connectivity index (χ1) is 10.1. The van der Waals surface area contributed by atoms with Gasteiger partial charge in [0.25, 0.3) is 0 Å². The summed E-state index contributed by atoms with van der Waals surface area (Å²) < 4.78 is 6.79. The predicted octanol–water partition coefficient (Wildman–Crippen LogP) is 3.31. The Kier molecular flexibility index (Phi) is 3.14. The Balaban J connectivity index is 2.17. The number of ether oxygens (including phenoxy) is 1. The molecule has 106 valence electrons. The minimum atomic E-state index is -0.332. The van der Waals surface area contributed by atoms with Crippen LogP contribution in [0.3, 0.4) is 0 Å². The number of esters is 1. The van der Waals surface area contributed by atoms with Crippen LogP contribution in [0.1, 0.15) is 15.9 Å². The highest BCUT2D eigenvalue weighted by molar-refractivity contribution is 5.94. The molecule has 4 nitrogen and oxygen atoms in total. The number of rotatable bonds is 2. The van der Waals surface area contributed by atoms with Gasteiger partial charge in [-0.3, -0.25) is 0 Å². The smallest absolute Gasteiger partial charge is 0.337 e. The number of nitrogens with two attached hydrogens (primary N) is 1. The molecule has 0 aliphatic carbocycles. The van der Waals surface area contributed by atoms with Crippen molar-refractivity contribution in [3.8, 4) is 5.69 Å². The van der Waals surface area contributed by atoms with Crippen LogP contribution in [0, 0.1) is 6.92 Å². The van der Waals surface area contributed by atoms with Gasteiger partial charge >= 0.3 is 5.97 Å². The molecule has 0 fully saturated rings. The molecule has 0 atom stereocenters. The van der Waals surface area contributed by atoms with Gasteiger partial charge < -0.3 is 15.0 Å². The van der Waals surface area contributed by atoms with Gasteiger partial charge in [-0.25, -0.2) is 4.79 Å². The fraction of sp³-hybridized carbons (Fsp3) is 0.118. The lowest BCUT2D eigenvalue weighted by atomic mass is 10.1. The number of fused-ring (bicyclic) bond motifs is 1. The van der Waals surface area contributed by atoms with Crippen LogP contribution >= 0.6 is 0 Å². The normalized spacial score (nSPS) is 10.8. The maximum Gasteiger partial charge on any atom is 0.337 e. The zero-order valence-corrected chi connectivity index (χ0v) is 12.0. The Morgan fingerprint density at radius 1 is 1.19 bits per heavy atom. The van der Waals surface area contributed by atoms with Gasteiger partial charge in [-0.1, -0.05) is 18.2 Å². The highest BCUT2D eigenvalue weighted by Gasteiger charge is 2.11. The van der Waals surface area contributed by atoms with Gasteiger partial charge in [0.15, 0.2) is 0 Å². The second-order valence-electron chi connectivity index (χ2n) is 4.96. The molecule has 1 heterocycles. The van der Waals surface area contributed by atoms with E-state index in [9.17, 15) is 4.79 Å². The number of nitrogens with zero attached hydrogens (tertiary/aromatic N) is 1. The second-order valence-corrected chi connectivity index (χ2v) is 4.96. The number of anilines is 1. The third kappa shape index (κ3) is 2.14. The zero-order chi connectivity index (χ0) is 15.0. The average molecular weight is 280 g/mol. The third-order valence-electron chi connectivity index (χ3n) is 3.62. The minimum absolute atomic E-state index is 0.332. The summed E-state index contributed by atoms with van der Waals surface area (Å²) in [4.78, 5) is 11.6. The number of carbonyl (C=O) groups excluding carboxylic acids is 1. The second kappa shape index (κ2) is 4.98. The van der Waals surface area contributed by atoms with E-state index in [0.717, 1.165) is 27.8 Å². The van der Waals surface area contributed by atoms with Crippen LogP contribution in [-0.2, 0) is 4.74 Å². The van der Waals surface area contributed by atoms with Crippen molar-refractivity contribution in [2.45, 2.75) is 6.92 Å². The van der Waals surface area contributed by atoms with Crippen LogP contribution in [0.25, 0.3) is 16.6 Å². The van der Waals surface area contributed by atoms with Gasteiger partial charge in [0.2, 0.25) is 0 Å². The van der Waals surface area contributed by atoms with Crippen molar-refractivity contribution in [3.05, 3.63) is 59.8 Å². The van der Waals surface area contributed by atoms with E-state index >= 15 is 0 Å². The number of hydrogen-bond acceptors (Lipinski definition) is 3. The van der Waals surface area contributed by atoms with Crippen LogP contribution in [0.5, 0.6) is 0 Å². The summed E-state index contributed by atoms with van der Waals surface area (Å²) in [7, 11) is 1.38. The molecular weight excluding hydrogens is 264 g/mol. The molecule has 0 saturated heterocycles. The number of nitrogen functional groups attached to an aromatic ring is 1. The van der Waals surface area contributed by atoms with Crippen LogP contribution in [0.2, 0.25) is 0 Å². The largest absolute Gasteiger partial charge is 0.465 e. The molecule has 1 aromatic heterocycles. The SMILES string of the molecule is COC(=O)c1ccc(-n2cc(N)c3ccccc32)c(C)c1. The zero-order valence-electron chi connectivity index (χ0n) is 12.0. The van der Waals surface area contributed by atoms with Gasteiger partial charge in [0.05, 0.1) is 23.9 Å². The number of methoxy groups -OCH3 is 1. The molecule has 2 N–H and O–H groups in total. The molecule has 0 radical (unpaired) electrons. The lowest BCUT2D eigenvalue weighted by molar-refractivity contribution is 0.0600. The molecule has 0 unspecified atom stereocenters. The van der Waals surface area contributed by atoms with E-state index in [1.165, 1.54) is 7.11 Å². The van der Waals surface area contributed by atoms with Crippen molar-refractivity contribution < 1.29 is 9.53 Å². The topological polar surface area (TPSA) is 57.2 Å². The van der Waals surface area contributed by atoms with E-state index in [2.05, 4.69) is 0 Å². The summed E-state index contributed by atoms with van der Waals surface area (Å²) in [5.74, 6) is -0.332. The van der Waals surface area contributed by atoms with Crippen LogP contribution < -0.4 is 5.73 Å². The van der Waals surface area contributed by atoms with E-state index in [0.29, 0.717) is 5.56 Å². The van der Waals surface area contributed by atoms with Gasteiger partial charge in [-0.2, -0.15) is 0 Å². The molecule has 3 rings (SSSR count). The molecule has 0 aliphatic heterocycles. The van der Waals surface area contributed by atoms with Gasteiger partial charge in [-0.15, -0.1) is 0 Å². The Morgan fingerprint density at radius 2 is 1.95 bits per heavy atom. The summed E-state index contributed by atoms with van der Waals surface area (Å²) in [6.07, 6.45) is 1.91. The monoisotopic (exact) mass is 280 g/mol. The molecule has 21 heavy (non-hydrogen) atoms. The van der Waals surface area contributed by atoms with Gasteiger partial charge in [0.1, 0.15) is 0 Å². The van der Waals surface area contributed by atoms with E-state index < -0.39 is 0 Å². The standard InChI is InChI=1S/C17H16N2O2/c1-11-9-12(17(20)21-2)7-8-15(11)19-10-14(18)13-5-3-4-6-16(13)19/h3-10H,18H2,1-2H3. The van der Waals surface area contributed by atoms with Crippen molar-refractivity contribution in [2.24, 2.45) is 0 Å². The lowest BCUT2D eigenvalue weighted by Crippen LogP contribution is -2.03. The molecular formula is C17H16N2O2. The van der Waals surface area contributed by atoms with Gasteiger partial charge in [-0.05, 0) is 36.8 Å². The third-order valence-corrected chi connectivity index (χ3v) is 3.62. The number of aromatic nitrogens is 1. The molecule has 3 aromatic rings. The molecule has 0 aliphatic rings. The fourth-order valence-corrected chi connectivity index (χ4v) is 2.58. The van der Waals surface area contributed by atoms with E-state index in [-0.39, 0.29) is 5.97 Å². The highest BCUT2D eigenvalue weighted by Crippen LogP contribution is 2.28. The Bertz CT molecular complexity index is 834. The predicted molar refractivity (Wildman–Crippen MR) is 83.8 cm³/mol. The first-order valence-corrected chi connectivity index (χ1v) is 6.66. The van der Waals surface area contributed by atoms with Crippen molar-refractivity contribution in [3.63, 3.8) is 0 Å². The summed E-state index contributed by atoms with van der Waals surface area (Å²) in [5, 5.41) is 1.02. The molecule has 0 bridgehead atoms. The first-order valence-electron chi connectivity index (χ1n) is 6.66. The summed E-state index contributed by atoms with van der Waals surface area (Å²) in [6.45, 7) is 1.97. The number of carbonyl (C=O) groups is 1. The summed E-state index contributed by atoms with van der Waals surface area (Å²) in [6, 6.07) is 13.5. The molecule has 4 heteroatoms. The van der Waals surface area contributed by atoms with Crippen LogP contribution in [0.15, 0.2) is 48.7 Å². The van der Waals surface area contributed by atoms with Crippen molar-refractivity contribution in [1.82, 2.24) is 4.57 Å². The average Bonchev–Trinajstić information content (AvgIpc) is 2.84. The Hall–Kier alpha value is -2.75. The van der Waals surface area contributed by atoms with Gasteiger partial charge in [0, 0.05) is 17.3 Å². The number of benzene rings is 2. The molecule has 0 saturated carbocycles. The van der Waals surface area contributed by atoms with E-state index in [1.807, 2.05) is 54.1 Å². The minimum Gasteiger partial charge on any atom is -0.465 e. The van der Waals surface area contributed by atoms with E-state index in [1.54, 1.807) is 6.07 Å². The fourth-order valence-electron chi connectivity index (χ4n) is 2.58. The molecule has 0 amide bonds.